The molecule has 1 aliphatic rings. The van der Waals surface area contributed by atoms with Crippen LogP contribution in [-0.4, -0.2) is 4.92 Å². The minimum absolute atomic E-state index is 0.0857. The van der Waals surface area contributed by atoms with Gasteiger partial charge in [-0.15, -0.1) is 0 Å². The van der Waals surface area contributed by atoms with Gasteiger partial charge in [-0.1, -0.05) is 13.8 Å². The van der Waals surface area contributed by atoms with Crippen molar-refractivity contribution in [3.63, 3.8) is 0 Å². The van der Waals surface area contributed by atoms with E-state index in [2.05, 4.69) is 19.9 Å². The topological polar surface area (TPSA) is 66.9 Å². The van der Waals surface area contributed by atoms with Gasteiger partial charge >= 0.3 is 0 Å². The number of nitriles is 1. The van der Waals surface area contributed by atoms with Crippen molar-refractivity contribution in [3.8, 4) is 6.07 Å². The van der Waals surface area contributed by atoms with Crippen LogP contribution in [-0.2, 0) is 11.8 Å². The Morgan fingerprint density at radius 1 is 1.50 bits per heavy atom. The lowest BCUT2D eigenvalue weighted by Crippen LogP contribution is -2.25. The molecule has 0 saturated carbocycles. The predicted octanol–water partition coefficient (Wildman–Crippen LogP) is 3.39. The van der Waals surface area contributed by atoms with Gasteiger partial charge in [0.25, 0.3) is 5.69 Å². The van der Waals surface area contributed by atoms with E-state index in [9.17, 15) is 10.1 Å². The molecule has 0 N–H and O–H groups in total. The molecule has 0 heterocycles. The highest BCUT2D eigenvalue weighted by molar-refractivity contribution is 5.60. The first-order chi connectivity index (χ1) is 8.38. The summed E-state index contributed by atoms with van der Waals surface area (Å²) in [4.78, 5) is 10.9. The largest absolute Gasteiger partial charge is 0.277 e. The van der Waals surface area contributed by atoms with Crippen molar-refractivity contribution in [1.82, 2.24) is 0 Å². The molecule has 0 spiro atoms. The molecule has 0 saturated heterocycles. The normalized spacial score (nSPS) is 16.8. The molecule has 0 atom stereocenters. The summed E-state index contributed by atoms with van der Waals surface area (Å²) in [5, 5.41) is 20.4. The Kier molecular flexibility index (Phi) is 2.86. The summed E-state index contributed by atoms with van der Waals surface area (Å²) in [7, 11) is 0. The van der Waals surface area contributed by atoms with Gasteiger partial charge in [0.1, 0.15) is 0 Å². The molecular weight excluding hydrogens is 228 g/mol. The molecule has 0 fully saturated rings. The molecule has 1 aliphatic carbocycles. The van der Waals surface area contributed by atoms with E-state index < -0.39 is 0 Å². The van der Waals surface area contributed by atoms with Crippen LogP contribution in [0, 0.1) is 28.4 Å². The molecule has 18 heavy (non-hydrogen) atoms. The van der Waals surface area contributed by atoms with E-state index in [1.165, 1.54) is 0 Å². The molecule has 0 aliphatic heterocycles. The van der Waals surface area contributed by atoms with Crippen molar-refractivity contribution in [2.75, 3.05) is 0 Å². The minimum atomic E-state index is -0.337. The van der Waals surface area contributed by atoms with Crippen LogP contribution in [0.15, 0.2) is 6.07 Å². The highest BCUT2D eigenvalue weighted by atomic mass is 16.6. The molecule has 2 rings (SSSR count). The van der Waals surface area contributed by atoms with Gasteiger partial charge in [-0.05, 0) is 43.2 Å². The fraction of sp³-hybridized carbons (Fsp3) is 0.500. The molecule has 94 valence electrons. The van der Waals surface area contributed by atoms with E-state index >= 15 is 0 Å². The Balaban J connectivity index is 2.83. The summed E-state index contributed by atoms with van der Waals surface area (Å²) in [6.45, 7) is 5.84. The van der Waals surface area contributed by atoms with E-state index in [-0.39, 0.29) is 16.0 Å². The predicted molar refractivity (Wildman–Crippen MR) is 68.5 cm³/mol. The average molecular weight is 244 g/mol. The monoisotopic (exact) mass is 244 g/mol. The summed E-state index contributed by atoms with van der Waals surface area (Å²) in [6.07, 6.45) is 2.71. The number of fused-ring (bicyclic) bond motifs is 1. The number of benzene rings is 1. The van der Waals surface area contributed by atoms with Crippen LogP contribution in [0.4, 0.5) is 5.69 Å². The highest BCUT2D eigenvalue weighted by Crippen LogP contribution is 2.42. The molecule has 4 nitrogen and oxygen atoms in total. The zero-order chi connectivity index (χ0) is 13.5. The summed E-state index contributed by atoms with van der Waals surface area (Å²) in [5.74, 6) is 0. The number of nitrogens with zero attached hydrogens (tertiary/aromatic N) is 2. The first-order valence-electron chi connectivity index (χ1n) is 6.10. The van der Waals surface area contributed by atoms with E-state index in [4.69, 9.17) is 5.26 Å². The molecule has 0 amide bonds. The van der Waals surface area contributed by atoms with E-state index in [1.807, 2.05) is 6.07 Å². The van der Waals surface area contributed by atoms with Crippen molar-refractivity contribution in [2.45, 2.75) is 45.4 Å². The van der Waals surface area contributed by atoms with Crippen molar-refractivity contribution in [1.29, 1.82) is 5.26 Å². The van der Waals surface area contributed by atoms with Gasteiger partial charge in [0, 0.05) is 11.1 Å². The molecule has 0 radical (unpaired) electrons. The Bertz CT molecular complexity index is 568. The molecule has 4 heteroatoms. The third-order valence-electron chi connectivity index (χ3n) is 3.92. The van der Waals surface area contributed by atoms with Crippen molar-refractivity contribution >= 4 is 5.69 Å². The van der Waals surface area contributed by atoms with Crippen LogP contribution < -0.4 is 0 Å². The van der Waals surface area contributed by atoms with E-state index in [0.717, 1.165) is 30.4 Å². The maximum absolute atomic E-state index is 11.3. The molecule has 1 aromatic carbocycles. The van der Waals surface area contributed by atoms with Gasteiger partial charge in [-0.2, -0.15) is 5.26 Å². The van der Waals surface area contributed by atoms with Crippen LogP contribution in [0.5, 0.6) is 0 Å². The summed E-state index contributed by atoms with van der Waals surface area (Å²) in [6, 6.07) is 3.92. The number of nitro benzene ring substituents is 1. The van der Waals surface area contributed by atoms with Crippen molar-refractivity contribution in [3.05, 3.63) is 38.4 Å². The van der Waals surface area contributed by atoms with Gasteiger partial charge < -0.3 is 0 Å². The summed E-state index contributed by atoms with van der Waals surface area (Å²) in [5.41, 5.74) is 2.79. The van der Waals surface area contributed by atoms with Crippen LogP contribution in [0.1, 0.15) is 48.9 Å². The Morgan fingerprint density at radius 2 is 2.17 bits per heavy atom. The van der Waals surface area contributed by atoms with Gasteiger partial charge in [-0.3, -0.25) is 10.1 Å². The SMILES string of the molecule is Cc1c(C#N)cc2c(c1[N+](=O)[O-])CCCC2(C)C. The second kappa shape index (κ2) is 4.09. The lowest BCUT2D eigenvalue weighted by Gasteiger charge is -2.32. The number of hydrogen-bond donors (Lipinski definition) is 0. The zero-order valence-electron chi connectivity index (χ0n) is 10.9. The molecule has 0 bridgehead atoms. The lowest BCUT2D eigenvalue weighted by molar-refractivity contribution is -0.386. The van der Waals surface area contributed by atoms with Gasteiger partial charge in [0.15, 0.2) is 0 Å². The summed E-state index contributed by atoms with van der Waals surface area (Å²) >= 11 is 0. The van der Waals surface area contributed by atoms with Crippen LogP contribution >= 0.6 is 0 Å². The standard InChI is InChI=1S/C14H16N2O2/c1-9-10(8-15)7-12-11(13(9)16(17)18)5-4-6-14(12,2)3/h7H,4-6H2,1-3H3. The molecule has 1 aromatic rings. The second-order valence-electron chi connectivity index (χ2n) is 5.53. The van der Waals surface area contributed by atoms with Crippen LogP contribution in [0.2, 0.25) is 0 Å². The van der Waals surface area contributed by atoms with Gasteiger partial charge in [-0.25, -0.2) is 0 Å². The highest BCUT2D eigenvalue weighted by Gasteiger charge is 2.34. The quantitative estimate of drug-likeness (QED) is 0.561. The maximum Gasteiger partial charge on any atom is 0.277 e. The first kappa shape index (κ1) is 12.6. The third-order valence-corrected chi connectivity index (χ3v) is 3.92. The lowest BCUT2D eigenvalue weighted by atomic mass is 9.71. The van der Waals surface area contributed by atoms with Crippen molar-refractivity contribution in [2.24, 2.45) is 0 Å². The second-order valence-corrected chi connectivity index (χ2v) is 5.53. The fourth-order valence-electron chi connectivity index (χ4n) is 2.88. The number of hydrogen-bond acceptors (Lipinski definition) is 3. The van der Waals surface area contributed by atoms with Gasteiger partial charge in [0.2, 0.25) is 0 Å². The number of nitro groups is 1. The Labute approximate surface area is 106 Å². The van der Waals surface area contributed by atoms with Crippen LogP contribution in [0.25, 0.3) is 0 Å². The third kappa shape index (κ3) is 1.76. The maximum atomic E-state index is 11.3. The molecule has 0 aromatic heterocycles. The smallest absolute Gasteiger partial charge is 0.258 e. The average Bonchev–Trinajstić information content (AvgIpc) is 2.27. The van der Waals surface area contributed by atoms with Crippen molar-refractivity contribution < 1.29 is 4.92 Å². The van der Waals surface area contributed by atoms with Crippen LogP contribution in [0.3, 0.4) is 0 Å². The zero-order valence-corrected chi connectivity index (χ0v) is 10.9. The van der Waals surface area contributed by atoms with Gasteiger partial charge in [0.05, 0.1) is 16.6 Å². The van der Waals surface area contributed by atoms with E-state index in [0.29, 0.717) is 11.1 Å². The van der Waals surface area contributed by atoms with E-state index in [1.54, 1.807) is 6.92 Å². The minimum Gasteiger partial charge on any atom is -0.258 e. The molecule has 0 unspecified atom stereocenters. The molecular formula is C14H16N2O2. The Morgan fingerprint density at radius 3 is 2.72 bits per heavy atom. The summed E-state index contributed by atoms with van der Waals surface area (Å²) < 4.78 is 0. The Hall–Kier alpha value is -1.89. The number of rotatable bonds is 1. The fourth-order valence-corrected chi connectivity index (χ4v) is 2.88. The first-order valence-corrected chi connectivity index (χ1v) is 6.10.